The first-order valence-electron chi connectivity index (χ1n) is 9.02. The van der Waals surface area contributed by atoms with E-state index in [0.717, 1.165) is 18.4 Å². The minimum atomic E-state index is -0.467. The molecule has 7 heteroatoms. The van der Waals surface area contributed by atoms with E-state index in [4.69, 9.17) is 18.9 Å². The molecule has 0 bridgehead atoms. The van der Waals surface area contributed by atoms with Gasteiger partial charge in [-0.05, 0) is 30.5 Å². The van der Waals surface area contributed by atoms with Crippen LogP contribution in [0, 0.1) is 5.92 Å². The third kappa shape index (κ3) is 3.79. The monoisotopic (exact) mass is 365 g/mol. The van der Waals surface area contributed by atoms with Gasteiger partial charge in [-0.2, -0.15) is 0 Å². The quantitative estimate of drug-likeness (QED) is 0.850. The van der Waals surface area contributed by atoms with Crippen molar-refractivity contribution < 1.29 is 28.8 Å². The van der Waals surface area contributed by atoms with Crippen molar-refractivity contribution in [2.75, 3.05) is 47.2 Å². The van der Waals surface area contributed by atoms with E-state index < -0.39 is 6.10 Å². The van der Waals surface area contributed by atoms with E-state index >= 15 is 0 Å². The van der Waals surface area contributed by atoms with E-state index in [-0.39, 0.29) is 24.5 Å². The zero-order chi connectivity index (χ0) is 18.5. The van der Waals surface area contributed by atoms with Crippen molar-refractivity contribution in [3.63, 3.8) is 0 Å². The van der Waals surface area contributed by atoms with Gasteiger partial charge < -0.3 is 29.0 Å². The number of benzene rings is 1. The molecule has 0 radical (unpaired) electrons. The Bertz CT molecular complexity index is 616. The minimum absolute atomic E-state index is 0.0381. The van der Waals surface area contributed by atoms with E-state index in [1.54, 1.807) is 14.2 Å². The van der Waals surface area contributed by atoms with E-state index in [9.17, 15) is 9.90 Å². The van der Waals surface area contributed by atoms with Gasteiger partial charge in [0.05, 0.1) is 33.5 Å². The van der Waals surface area contributed by atoms with Crippen LogP contribution in [0.5, 0.6) is 11.5 Å². The molecule has 2 saturated heterocycles. The van der Waals surface area contributed by atoms with Gasteiger partial charge in [0.1, 0.15) is 6.10 Å². The van der Waals surface area contributed by atoms with Crippen LogP contribution in [0.4, 0.5) is 0 Å². The van der Waals surface area contributed by atoms with Crippen molar-refractivity contribution in [1.29, 1.82) is 0 Å². The molecule has 0 spiro atoms. The number of hydrogen-bond acceptors (Lipinski definition) is 6. The van der Waals surface area contributed by atoms with Crippen LogP contribution in [-0.4, -0.2) is 69.2 Å². The summed E-state index contributed by atoms with van der Waals surface area (Å²) >= 11 is 0. The summed E-state index contributed by atoms with van der Waals surface area (Å²) in [6, 6.07) is 5.21. The Morgan fingerprint density at radius 2 is 1.92 bits per heavy atom. The maximum atomic E-state index is 13.2. The lowest BCUT2D eigenvalue weighted by Gasteiger charge is -2.42. The van der Waals surface area contributed by atoms with Crippen molar-refractivity contribution in [2.45, 2.75) is 25.0 Å². The van der Waals surface area contributed by atoms with Gasteiger partial charge in [0.2, 0.25) is 5.91 Å². The van der Waals surface area contributed by atoms with Gasteiger partial charge in [-0.25, -0.2) is 0 Å². The number of morpholine rings is 1. The molecular weight excluding hydrogens is 338 g/mol. The number of carbonyl (C=O) groups is 1. The number of hydrogen-bond donors (Lipinski definition) is 1. The summed E-state index contributed by atoms with van der Waals surface area (Å²) in [6.45, 7) is 2.00. The molecule has 1 N–H and O–H groups in total. The van der Waals surface area contributed by atoms with Crippen LogP contribution < -0.4 is 9.47 Å². The first kappa shape index (κ1) is 18.9. The van der Waals surface area contributed by atoms with Crippen molar-refractivity contribution in [2.24, 2.45) is 5.92 Å². The number of rotatable bonds is 5. The molecule has 2 atom stereocenters. The molecule has 2 fully saturated rings. The van der Waals surface area contributed by atoms with E-state index in [1.807, 2.05) is 23.1 Å². The van der Waals surface area contributed by atoms with Crippen molar-refractivity contribution in [3.8, 4) is 11.5 Å². The largest absolute Gasteiger partial charge is 0.493 e. The molecule has 0 unspecified atom stereocenters. The summed E-state index contributed by atoms with van der Waals surface area (Å²) in [7, 11) is 3.16. The standard InChI is InChI=1S/C19H27NO6/c1-23-15-4-3-14(11-16(15)24-2)18-17(12-21)26-10-7-20(18)19(22)13-5-8-25-9-6-13/h3-4,11,13,17-18,21H,5-10,12H2,1-2H3/t17-,18-/m1/s1. The fourth-order valence-corrected chi connectivity index (χ4v) is 3.74. The number of methoxy groups -OCH3 is 2. The summed E-state index contributed by atoms with van der Waals surface area (Å²) < 4.78 is 21.8. The number of aliphatic hydroxyl groups excluding tert-OH is 1. The van der Waals surface area contributed by atoms with E-state index in [0.29, 0.717) is 37.9 Å². The van der Waals surface area contributed by atoms with Crippen molar-refractivity contribution in [1.82, 2.24) is 4.90 Å². The molecule has 0 aromatic heterocycles. The zero-order valence-corrected chi connectivity index (χ0v) is 15.3. The average molecular weight is 365 g/mol. The summed E-state index contributed by atoms with van der Waals surface area (Å²) in [5, 5.41) is 9.82. The first-order valence-corrected chi connectivity index (χ1v) is 9.02. The second-order valence-electron chi connectivity index (χ2n) is 6.57. The first-order chi connectivity index (χ1) is 12.7. The Kier molecular flexibility index (Phi) is 6.34. The normalized spacial score (nSPS) is 24.3. The second kappa shape index (κ2) is 8.70. The van der Waals surface area contributed by atoms with Crippen LogP contribution in [0.3, 0.4) is 0 Å². The van der Waals surface area contributed by atoms with Gasteiger partial charge in [0.25, 0.3) is 0 Å². The summed E-state index contributed by atoms with van der Waals surface area (Å²) in [5.41, 5.74) is 0.863. The molecule has 1 amide bonds. The number of ether oxygens (including phenoxy) is 4. The van der Waals surface area contributed by atoms with Crippen LogP contribution in [0.2, 0.25) is 0 Å². The summed E-state index contributed by atoms with van der Waals surface area (Å²) in [6.07, 6.45) is 1.00. The Morgan fingerprint density at radius 3 is 2.58 bits per heavy atom. The van der Waals surface area contributed by atoms with Gasteiger partial charge in [0, 0.05) is 25.7 Å². The summed E-state index contributed by atoms with van der Waals surface area (Å²) in [5.74, 6) is 1.28. The lowest BCUT2D eigenvalue weighted by Crippen LogP contribution is -2.51. The third-order valence-electron chi connectivity index (χ3n) is 5.13. The van der Waals surface area contributed by atoms with Gasteiger partial charge >= 0.3 is 0 Å². The van der Waals surface area contributed by atoms with E-state index in [1.165, 1.54) is 0 Å². The highest BCUT2D eigenvalue weighted by atomic mass is 16.5. The molecule has 3 rings (SSSR count). The maximum absolute atomic E-state index is 13.2. The fraction of sp³-hybridized carbons (Fsp3) is 0.632. The van der Waals surface area contributed by atoms with Gasteiger partial charge in [0.15, 0.2) is 11.5 Å². The average Bonchev–Trinajstić information content (AvgIpc) is 2.72. The molecule has 144 valence electrons. The SMILES string of the molecule is COc1ccc([C@@H]2[C@@H](CO)OCCN2C(=O)C2CCOCC2)cc1OC. The molecule has 1 aromatic rings. The highest BCUT2D eigenvalue weighted by molar-refractivity contribution is 5.79. The van der Waals surface area contributed by atoms with Crippen LogP contribution >= 0.6 is 0 Å². The predicted molar refractivity (Wildman–Crippen MR) is 94.4 cm³/mol. The van der Waals surface area contributed by atoms with Crippen LogP contribution in [-0.2, 0) is 14.3 Å². The van der Waals surface area contributed by atoms with Gasteiger partial charge in [-0.3, -0.25) is 4.79 Å². The third-order valence-corrected chi connectivity index (χ3v) is 5.13. The lowest BCUT2D eigenvalue weighted by molar-refractivity contribution is -0.156. The second-order valence-corrected chi connectivity index (χ2v) is 6.57. The maximum Gasteiger partial charge on any atom is 0.226 e. The Labute approximate surface area is 153 Å². The zero-order valence-electron chi connectivity index (χ0n) is 15.3. The van der Waals surface area contributed by atoms with Gasteiger partial charge in [-0.1, -0.05) is 6.07 Å². The van der Waals surface area contributed by atoms with E-state index in [2.05, 4.69) is 0 Å². The highest BCUT2D eigenvalue weighted by Crippen LogP contribution is 2.36. The topological polar surface area (TPSA) is 77.5 Å². The fourth-order valence-electron chi connectivity index (χ4n) is 3.74. The summed E-state index contributed by atoms with van der Waals surface area (Å²) in [4.78, 5) is 15.0. The van der Waals surface area contributed by atoms with Crippen LogP contribution in [0.1, 0.15) is 24.4 Å². The number of carbonyl (C=O) groups excluding carboxylic acids is 1. The predicted octanol–water partition coefficient (Wildman–Crippen LogP) is 1.39. The highest BCUT2D eigenvalue weighted by Gasteiger charge is 2.39. The van der Waals surface area contributed by atoms with Crippen LogP contribution in [0.15, 0.2) is 18.2 Å². The Morgan fingerprint density at radius 1 is 1.19 bits per heavy atom. The van der Waals surface area contributed by atoms with Crippen LogP contribution in [0.25, 0.3) is 0 Å². The molecule has 2 aliphatic heterocycles. The Balaban J connectivity index is 1.91. The molecule has 26 heavy (non-hydrogen) atoms. The van der Waals surface area contributed by atoms with Gasteiger partial charge in [-0.15, -0.1) is 0 Å². The molecule has 0 saturated carbocycles. The molecule has 1 aromatic carbocycles. The molecule has 0 aliphatic carbocycles. The number of amides is 1. The molecule has 2 heterocycles. The number of aliphatic hydroxyl groups is 1. The minimum Gasteiger partial charge on any atom is -0.493 e. The molecular formula is C19H27NO6. The van der Waals surface area contributed by atoms with Crippen molar-refractivity contribution in [3.05, 3.63) is 23.8 Å². The lowest BCUT2D eigenvalue weighted by atomic mass is 9.93. The molecule has 2 aliphatic rings. The number of nitrogens with zero attached hydrogens (tertiary/aromatic N) is 1. The molecule has 7 nitrogen and oxygen atoms in total. The Hall–Kier alpha value is -1.83. The van der Waals surface area contributed by atoms with Crippen molar-refractivity contribution >= 4 is 5.91 Å². The smallest absolute Gasteiger partial charge is 0.226 e.